The minimum absolute atomic E-state index is 0.116. The molecule has 0 saturated carbocycles. The number of fused-ring (bicyclic) bond motifs is 2. The Morgan fingerprint density at radius 3 is 2.85 bits per heavy atom. The highest BCUT2D eigenvalue weighted by Crippen LogP contribution is 2.37. The number of nitrogens with zero attached hydrogens (tertiary/aromatic N) is 4. The lowest BCUT2D eigenvalue weighted by molar-refractivity contribution is -0.122. The molecule has 2 aliphatic heterocycles. The van der Waals surface area contributed by atoms with E-state index in [1.807, 2.05) is 5.38 Å². The Hall–Kier alpha value is -3.92. The number of carbonyl (C=O) groups is 2. The number of nitrogens with one attached hydrogen (secondary N) is 1. The van der Waals surface area contributed by atoms with Crippen LogP contribution in [0, 0.1) is 19.8 Å². The number of ether oxygens (including phenoxy) is 2. The summed E-state index contributed by atoms with van der Waals surface area (Å²) in [7, 11) is 0. The van der Waals surface area contributed by atoms with Crippen LogP contribution in [0.25, 0.3) is 16.2 Å². The van der Waals surface area contributed by atoms with Gasteiger partial charge in [-0.05, 0) is 31.5 Å². The summed E-state index contributed by atoms with van der Waals surface area (Å²) in [5.41, 5.74) is 5.02. The molecule has 0 bridgehead atoms. The van der Waals surface area contributed by atoms with Gasteiger partial charge in [-0.25, -0.2) is 4.52 Å². The lowest BCUT2D eigenvalue weighted by atomic mass is 10.0. The van der Waals surface area contributed by atoms with E-state index >= 15 is 0 Å². The van der Waals surface area contributed by atoms with Gasteiger partial charge < -0.3 is 14.4 Å². The average Bonchev–Trinajstić information content (AvgIpc) is 3.57. The molecule has 34 heavy (non-hydrogen) atoms. The average molecular weight is 476 g/mol. The summed E-state index contributed by atoms with van der Waals surface area (Å²) >= 11 is 1.46. The second kappa shape index (κ2) is 7.84. The van der Waals surface area contributed by atoms with Gasteiger partial charge in [0.2, 0.25) is 29.5 Å². The van der Waals surface area contributed by atoms with Crippen molar-refractivity contribution >= 4 is 39.7 Å². The fraction of sp³-hybridized carbons (Fsp3) is 0.250. The van der Waals surface area contributed by atoms with Crippen LogP contribution in [0.1, 0.15) is 17.5 Å². The number of aryl methyl sites for hydroxylation is 2. The number of rotatable bonds is 4. The van der Waals surface area contributed by atoms with E-state index in [4.69, 9.17) is 9.47 Å². The van der Waals surface area contributed by atoms with Gasteiger partial charge in [0.05, 0.1) is 11.6 Å². The highest BCUT2D eigenvalue weighted by molar-refractivity contribution is 7.15. The summed E-state index contributed by atoms with van der Waals surface area (Å²) in [6.07, 6.45) is 0.121. The fourth-order valence-electron chi connectivity index (χ4n) is 4.42. The van der Waals surface area contributed by atoms with E-state index in [1.54, 1.807) is 27.6 Å². The van der Waals surface area contributed by atoms with Gasteiger partial charge in [-0.1, -0.05) is 23.8 Å². The van der Waals surface area contributed by atoms with Crippen LogP contribution in [-0.2, 0) is 9.59 Å². The van der Waals surface area contributed by atoms with E-state index in [-0.39, 0.29) is 37.5 Å². The topological polar surface area (TPSA) is 98.1 Å². The van der Waals surface area contributed by atoms with E-state index < -0.39 is 5.92 Å². The van der Waals surface area contributed by atoms with Crippen LogP contribution in [0.15, 0.2) is 41.8 Å². The largest absolute Gasteiger partial charge is 0.454 e. The third kappa shape index (κ3) is 3.47. The molecule has 1 atom stereocenters. The standard InChI is InChI=1S/C24H21N5O4S/c1-13-3-5-17(14(2)7-13)18-11-34-24-26-23(27-29(18)24)25-22(31)15-8-21(30)28(10-15)16-4-6-19-20(9-16)33-12-32-19/h3-7,9,11,15H,8,10,12H2,1-2H3,(H,25,27,31). The Balaban J connectivity index is 1.19. The SMILES string of the molecule is Cc1ccc(-c2csc3nc(NC(=O)C4CC(=O)N(c5ccc6c(c5)OCO6)C4)nn23)c(C)c1. The van der Waals surface area contributed by atoms with Crippen molar-refractivity contribution in [2.24, 2.45) is 5.92 Å². The first-order valence-electron chi connectivity index (χ1n) is 10.9. The number of thiazole rings is 1. The van der Waals surface area contributed by atoms with Crippen LogP contribution in [0.2, 0.25) is 0 Å². The molecule has 4 aromatic rings. The minimum Gasteiger partial charge on any atom is -0.454 e. The fourth-order valence-corrected chi connectivity index (χ4v) is 5.24. The number of carbonyl (C=O) groups excluding carboxylic acids is 2. The molecule has 4 heterocycles. The van der Waals surface area contributed by atoms with E-state index in [2.05, 4.69) is 47.4 Å². The number of hydrogen-bond acceptors (Lipinski definition) is 7. The summed E-state index contributed by atoms with van der Waals surface area (Å²) in [5, 5.41) is 9.32. The van der Waals surface area contributed by atoms with E-state index in [1.165, 1.54) is 16.9 Å². The van der Waals surface area contributed by atoms with Crippen molar-refractivity contribution < 1.29 is 19.1 Å². The zero-order chi connectivity index (χ0) is 23.4. The van der Waals surface area contributed by atoms with Crippen molar-refractivity contribution in [1.29, 1.82) is 0 Å². The molecule has 1 unspecified atom stereocenters. The Morgan fingerprint density at radius 2 is 2.00 bits per heavy atom. The summed E-state index contributed by atoms with van der Waals surface area (Å²) < 4.78 is 12.5. The van der Waals surface area contributed by atoms with Gasteiger partial charge in [-0.15, -0.1) is 16.4 Å². The quantitative estimate of drug-likeness (QED) is 0.482. The van der Waals surface area contributed by atoms with Gasteiger partial charge in [0.1, 0.15) is 0 Å². The van der Waals surface area contributed by atoms with Crippen LogP contribution in [-0.4, -0.2) is 39.8 Å². The molecule has 0 aliphatic carbocycles. The monoisotopic (exact) mass is 475 g/mol. The molecule has 1 N–H and O–H groups in total. The smallest absolute Gasteiger partial charge is 0.250 e. The maximum absolute atomic E-state index is 12.9. The predicted octanol–water partition coefficient (Wildman–Crippen LogP) is 3.79. The summed E-state index contributed by atoms with van der Waals surface area (Å²) in [4.78, 5) is 32.3. The van der Waals surface area contributed by atoms with Crippen molar-refractivity contribution in [2.75, 3.05) is 23.6 Å². The van der Waals surface area contributed by atoms with Crippen LogP contribution < -0.4 is 19.7 Å². The van der Waals surface area contributed by atoms with Gasteiger partial charge in [0.15, 0.2) is 11.5 Å². The minimum atomic E-state index is -0.502. The van der Waals surface area contributed by atoms with Gasteiger partial charge in [-0.3, -0.25) is 14.9 Å². The van der Waals surface area contributed by atoms with Crippen LogP contribution in [0.4, 0.5) is 11.6 Å². The zero-order valence-electron chi connectivity index (χ0n) is 18.6. The highest BCUT2D eigenvalue weighted by Gasteiger charge is 2.36. The van der Waals surface area contributed by atoms with Gasteiger partial charge in [0.25, 0.3) is 0 Å². The Labute approximate surface area is 198 Å². The normalized spacial score (nSPS) is 17.1. The molecule has 6 rings (SSSR count). The first-order valence-corrected chi connectivity index (χ1v) is 11.8. The Kier molecular flexibility index (Phi) is 4.77. The Morgan fingerprint density at radius 1 is 1.15 bits per heavy atom. The zero-order valence-corrected chi connectivity index (χ0v) is 19.4. The van der Waals surface area contributed by atoms with Crippen molar-refractivity contribution in [1.82, 2.24) is 14.6 Å². The molecular formula is C24H21N5O4S. The van der Waals surface area contributed by atoms with Gasteiger partial charge in [-0.2, -0.15) is 4.98 Å². The predicted molar refractivity (Wildman–Crippen MR) is 127 cm³/mol. The number of anilines is 2. The molecule has 2 amide bonds. The summed E-state index contributed by atoms with van der Waals surface area (Å²) in [5.74, 6) is 0.587. The lowest BCUT2D eigenvalue weighted by Crippen LogP contribution is -2.28. The van der Waals surface area contributed by atoms with Gasteiger partial charge in [0, 0.05) is 35.7 Å². The van der Waals surface area contributed by atoms with E-state index in [9.17, 15) is 9.59 Å². The first-order chi connectivity index (χ1) is 16.5. The maximum Gasteiger partial charge on any atom is 0.250 e. The number of hydrogen-bond donors (Lipinski definition) is 1. The maximum atomic E-state index is 12.9. The molecule has 10 heteroatoms. The lowest BCUT2D eigenvalue weighted by Gasteiger charge is -2.16. The molecular weight excluding hydrogens is 454 g/mol. The molecule has 2 aromatic heterocycles. The van der Waals surface area contributed by atoms with Crippen molar-refractivity contribution in [3.05, 3.63) is 52.9 Å². The molecule has 2 aliphatic rings. The first kappa shape index (κ1) is 20.7. The molecule has 1 saturated heterocycles. The van der Waals surface area contributed by atoms with Crippen molar-refractivity contribution in [3.63, 3.8) is 0 Å². The number of aromatic nitrogens is 3. The van der Waals surface area contributed by atoms with Crippen molar-refractivity contribution in [2.45, 2.75) is 20.3 Å². The molecule has 9 nitrogen and oxygen atoms in total. The summed E-state index contributed by atoms with van der Waals surface area (Å²) in [6, 6.07) is 11.6. The third-order valence-corrected chi connectivity index (χ3v) is 6.95. The molecule has 172 valence electrons. The van der Waals surface area contributed by atoms with Crippen molar-refractivity contribution in [3.8, 4) is 22.8 Å². The second-order valence-corrected chi connectivity index (χ2v) is 9.34. The van der Waals surface area contributed by atoms with Gasteiger partial charge >= 0.3 is 0 Å². The number of benzene rings is 2. The van der Waals surface area contributed by atoms with Crippen LogP contribution in [0.3, 0.4) is 0 Å². The third-order valence-electron chi connectivity index (χ3n) is 6.14. The molecule has 1 fully saturated rings. The number of amides is 2. The van der Waals surface area contributed by atoms with E-state index in [0.29, 0.717) is 22.1 Å². The van der Waals surface area contributed by atoms with Crippen LogP contribution >= 0.6 is 11.3 Å². The second-order valence-electron chi connectivity index (χ2n) is 8.50. The van der Waals surface area contributed by atoms with Crippen LogP contribution in [0.5, 0.6) is 11.5 Å². The summed E-state index contributed by atoms with van der Waals surface area (Å²) in [6.45, 7) is 4.57. The molecule has 0 spiro atoms. The molecule has 2 aromatic carbocycles. The molecule has 0 radical (unpaired) electrons. The van der Waals surface area contributed by atoms with E-state index in [0.717, 1.165) is 16.8 Å². The highest BCUT2D eigenvalue weighted by atomic mass is 32.1. The Bertz CT molecular complexity index is 1460.